The van der Waals surface area contributed by atoms with Crippen LogP contribution in [0.5, 0.6) is 0 Å². The van der Waals surface area contributed by atoms with Crippen molar-refractivity contribution in [1.29, 1.82) is 0 Å². The summed E-state index contributed by atoms with van der Waals surface area (Å²) < 4.78 is 16.9. The molecule has 4 aromatic rings. The van der Waals surface area contributed by atoms with Gasteiger partial charge in [-0.1, -0.05) is 109 Å². The molecule has 0 bridgehead atoms. The van der Waals surface area contributed by atoms with E-state index in [1.807, 2.05) is 84.9 Å². The summed E-state index contributed by atoms with van der Waals surface area (Å²) in [4.78, 5) is 19.1. The summed E-state index contributed by atoms with van der Waals surface area (Å²) in [6.07, 6.45) is 0. The molecule has 4 aromatic carbocycles. The first-order valence-electron chi connectivity index (χ1n) is 9.72. The number of rotatable bonds is 6. The minimum Gasteiger partial charge on any atom is -0.303 e. The lowest BCUT2D eigenvalue weighted by atomic mass is 9.92. The third-order valence-corrected chi connectivity index (χ3v) is 5.63. The van der Waals surface area contributed by atoms with Crippen molar-refractivity contribution < 1.29 is 18.9 Å². The van der Waals surface area contributed by atoms with Crippen molar-refractivity contribution in [2.75, 3.05) is 0 Å². The molecule has 4 rings (SSSR count). The van der Waals surface area contributed by atoms with Gasteiger partial charge in [-0.2, -0.15) is 0 Å². The summed E-state index contributed by atoms with van der Waals surface area (Å²) in [5.41, 5.74) is 9.52. The molecule has 0 spiro atoms. The molecule has 0 aliphatic rings. The molecule has 31 heavy (non-hydrogen) atoms. The lowest BCUT2D eigenvalue weighted by Gasteiger charge is -2.31. The summed E-state index contributed by atoms with van der Waals surface area (Å²) in [7, 11) is -4.88. The van der Waals surface area contributed by atoms with E-state index in [1.54, 1.807) is 24.3 Å². The molecule has 0 heterocycles. The monoisotopic (exact) mass is 431 g/mol. The van der Waals surface area contributed by atoms with Crippen LogP contribution in [0.15, 0.2) is 109 Å². The van der Waals surface area contributed by atoms with Crippen LogP contribution in [0, 0.1) is 0 Å². The summed E-state index contributed by atoms with van der Waals surface area (Å²) in [5, 5.41) is 0. The van der Waals surface area contributed by atoms with Crippen molar-refractivity contribution in [1.82, 2.24) is 0 Å². The molecule has 5 nitrogen and oxygen atoms in total. The van der Waals surface area contributed by atoms with Gasteiger partial charge in [0.05, 0.1) is 0 Å². The SMILES string of the molecule is NC(OP(=O)(O)O)(c1ccc(-c2ccccc2)cc1)c1ccc(-c2ccccc2)cc1. The topological polar surface area (TPSA) is 92.8 Å². The molecule has 0 aromatic heterocycles. The fourth-order valence-corrected chi connectivity index (χ4v) is 4.13. The quantitative estimate of drug-likeness (QED) is 0.285. The van der Waals surface area contributed by atoms with Crippen molar-refractivity contribution in [3.63, 3.8) is 0 Å². The average molecular weight is 431 g/mol. The lowest BCUT2D eigenvalue weighted by Crippen LogP contribution is -2.40. The van der Waals surface area contributed by atoms with E-state index >= 15 is 0 Å². The van der Waals surface area contributed by atoms with Crippen LogP contribution in [0.4, 0.5) is 0 Å². The van der Waals surface area contributed by atoms with Crippen molar-refractivity contribution in [3.05, 3.63) is 120 Å². The van der Waals surface area contributed by atoms with Crippen molar-refractivity contribution in [3.8, 4) is 22.3 Å². The Kier molecular flexibility index (Phi) is 5.88. The van der Waals surface area contributed by atoms with Gasteiger partial charge in [0.15, 0.2) is 5.72 Å². The Bertz CT molecular complexity index is 1100. The second kappa shape index (κ2) is 8.60. The fourth-order valence-electron chi connectivity index (χ4n) is 3.54. The van der Waals surface area contributed by atoms with E-state index in [9.17, 15) is 14.4 Å². The van der Waals surface area contributed by atoms with Crippen LogP contribution < -0.4 is 5.73 Å². The zero-order valence-corrected chi connectivity index (χ0v) is 17.5. The maximum atomic E-state index is 11.8. The fraction of sp³-hybridized carbons (Fsp3) is 0.0400. The molecule has 0 fully saturated rings. The number of phosphoric ester groups is 1. The molecular weight excluding hydrogens is 409 g/mol. The van der Waals surface area contributed by atoms with Crippen LogP contribution in [-0.4, -0.2) is 9.79 Å². The Morgan fingerprint density at radius 1 is 0.581 bits per heavy atom. The molecule has 0 saturated heterocycles. The summed E-state index contributed by atoms with van der Waals surface area (Å²) in [6, 6.07) is 33.9. The second-order valence-electron chi connectivity index (χ2n) is 7.20. The maximum Gasteiger partial charge on any atom is 0.471 e. The number of phosphoric acid groups is 1. The number of benzene rings is 4. The van der Waals surface area contributed by atoms with Crippen LogP contribution in [0.1, 0.15) is 11.1 Å². The number of nitrogens with two attached hydrogens (primary N) is 1. The standard InChI is InChI=1S/C25H22NO4P/c26-25(30-31(27,28)29,23-15-11-21(12-16-23)19-7-3-1-4-8-19)24-17-13-22(14-18-24)20-9-5-2-6-10-20/h1-18H,26H2,(H2,27,28,29). The van der Waals surface area contributed by atoms with E-state index in [2.05, 4.69) is 0 Å². The number of hydrogen-bond acceptors (Lipinski definition) is 3. The highest BCUT2D eigenvalue weighted by atomic mass is 31.2. The van der Waals surface area contributed by atoms with Crippen molar-refractivity contribution >= 4 is 7.82 Å². The van der Waals surface area contributed by atoms with E-state index in [-0.39, 0.29) is 0 Å². The molecule has 0 radical (unpaired) electrons. The minimum atomic E-state index is -4.88. The second-order valence-corrected chi connectivity index (χ2v) is 8.37. The van der Waals surface area contributed by atoms with E-state index < -0.39 is 13.5 Å². The molecule has 0 aliphatic carbocycles. The average Bonchev–Trinajstić information content (AvgIpc) is 2.79. The van der Waals surface area contributed by atoms with Crippen molar-refractivity contribution in [2.45, 2.75) is 5.72 Å². The Labute approximate surface area is 181 Å². The van der Waals surface area contributed by atoms with Crippen LogP contribution >= 0.6 is 7.82 Å². The summed E-state index contributed by atoms with van der Waals surface area (Å²) >= 11 is 0. The van der Waals surface area contributed by atoms with Crippen LogP contribution in [-0.2, 0) is 14.8 Å². The Morgan fingerprint density at radius 2 is 0.903 bits per heavy atom. The van der Waals surface area contributed by atoms with Gasteiger partial charge in [0.25, 0.3) is 0 Å². The Balaban J connectivity index is 1.72. The van der Waals surface area contributed by atoms with Crippen LogP contribution in [0.2, 0.25) is 0 Å². The lowest BCUT2D eigenvalue weighted by molar-refractivity contribution is 0.0707. The normalized spacial score (nSPS) is 12.0. The molecule has 0 unspecified atom stereocenters. The Hall–Kier alpha value is -3.05. The van der Waals surface area contributed by atoms with Crippen LogP contribution in [0.3, 0.4) is 0 Å². The predicted octanol–water partition coefficient (Wildman–Crippen LogP) is 5.29. The Morgan fingerprint density at radius 3 is 1.23 bits per heavy atom. The molecule has 4 N–H and O–H groups in total. The first kappa shape index (κ1) is 21.2. The third-order valence-electron chi connectivity index (χ3n) is 5.10. The van der Waals surface area contributed by atoms with Gasteiger partial charge in [-0.25, -0.2) is 4.57 Å². The van der Waals surface area contributed by atoms with E-state index in [0.29, 0.717) is 11.1 Å². The third kappa shape index (κ3) is 4.83. The number of hydrogen-bond donors (Lipinski definition) is 3. The van der Waals surface area contributed by atoms with Gasteiger partial charge in [0.1, 0.15) is 0 Å². The molecule has 6 heteroatoms. The largest absolute Gasteiger partial charge is 0.471 e. The minimum absolute atomic E-state index is 0.433. The highest BCUT2D eigenvalue weighted by Crippen LogP contribution is 2.46. The smallest absolute Gasteiger partial charge is 0.303 e. The molecule has 0 atom stereocenters. The molecule has 0 amide bonds. The highest BCUT2D eigenvalue weighted by Gasteiger charge is 2.38. The molecular formula is C25H22NO4P. The van der Waals surface area contributed by atoms with E-state index in [4.69, 9.17) is 10.3 Å². The van der Waals surface area contributed by atoms with Gasteiger partial charge in [0, 0.05) is 11.1 Å². The predicted molar refractivity (Wildman–Crippen MR) is 122 cm³/mol. The zero-order chi connectivity index (χ0) is 21.9. The maximum absolute atomic E-state index is 11.8. The van der Waals surface area contributed by atoms with Gasteiger partial charge < -0.3 is 9.79 Å². The van der Waals surface area contributed by atoms with Gasteiger partial charge >= 0.3 is 7.82 Å². The molecule has 0 saturated carbocycles. The van der Waals surface area contributed by atoms with Crippen LogP contribution in [0.25, 0.3) is 22.3 Å². The van der Waals surface area contributed by atoms with Gasteiger partial charge in [-0.15, -0.1) is 0 Å². The summed E-state index contributed by atoms with van der Waals surface area (Å²) in [5.74, 6) is 0. The zero-order valence-electron chi connectivity index (χ0n) is 16.6. The van der Waals surface area contributed by atoms with Crippen molar-refractivity contribution in [2.24, 2.45) is 5.73 Å². The summed E-state index contributed by atoms with van der Waals surface area (Å²) in [6.45, 7) is 0. The van der Waals surface area contributed by atoms with E-state index in [1.165, 1.54) is 0 Å². The van der Waals surface area contributed by atoms with Gasteiger partial charge in [-0.05, 0) is 22.3 Å². The van der Waals surface area contributed by atoms with E-state index in [0.717, 1.165) is 22.3 Å². The van der Waals surface area contributed by atoms with Gasteiger partial charge in [-0.3, -0.25) is 10.3 Å². The molecule has 156 valence electrons. The first-order chi connectivity index (χ1) is 14.9. The molecule has 0 aliphatic heterocycles. The first-order valence-corrected chi connectivity index (χ1v) is 11.3. The van der Waals surface area contributed by atoms with Gasteiger partial charge in [0.2, 0.25) is 0 Å². The highest BCUT2D eigenvalue weighted by molar-refractivity contribution is 7.46.